The molecule has 3 rings (SSSR count). The third kappa shape index (κ3) is 3.30. The zero-order chi connectivity index (χ0) is 14.8. The number of fused-ring (bicyclic) bond motifs is 1. The van der Waals surface area contributed by atoms with Gasteiger partial charge in [-0.05, 0) is 24.3 Å². The Hall–Kier alpha value is -1.33. The molecule has 0 unspecified atom stereocenters. The molecule has 3 aromatic rings. The molecule has 3 nitrogen and oxygen atoms in total. The summed E-state index contributed by atoms with van der Waals surface area (Å²) in [6.45, 7) is 0. The van der Waals surface area contributed by atoms with E-state index in [2.05, 4.69) is 15.5 Å². The molecule has 0 aliphatic rings. The van der Waals surface area contributed by atoms with Gasteiger partial charge in [0.15, 0.2) is 0 Å². The van der Waals surface area contributed by atoms with Crippen LogP contribution >= 0.6 is 46.1 Å². The van der Waals surface area contributed by atoms with Crippen LogP contribution in [0.4, 0.5) is 5.69 Å². The second-order valence-corrected chi connectivity index (χ2v) is 6.45. The number of hydrogen-bond acceptors (Lipinski definition) is 4. The van der Waals surface area contributed by atoms with Gasteiger partial charge in [-0.15, -0.1) is 11.3 Å². The Morgan fingerprint density at radius 2 is 1.81 bits per heavy atom. The van der Waals surface area contributed by atoms with Crippen LogP contribution in [0.25, 0.3) is 10.2 Å². The van der Waals surface area contributed by atoms with Gasteiger partial charge >= 0.3 is 0 Å². The summed E-state index contributed by atoms with van der Waals surface area (Å²) < 4.78 is 1.11. The van der Waals surface area contributed by atoms with Gasteiger partial charge in [0.05, 0.1) is 32.2 Å². The third-order valence-electron chi connectivity index (χ3n) is 2.67. The van der Waals surface area contributed by atoms with Gasteiger partial charge in [0, 0.05) is 5.02 Å². The van der Waals surface area contributed by atoms with E-state index in [1.54, 1.807) is 29.7 Å². The van der Waals surface area contributed by atoms with Crippen LogP contribution in [-0.4, -0.2) is 11.2 Å². The van der Waals surface area contributed by atoms with Gasteiger partial charge in [0.25, 0.3) is 0 Å². The van der Waals surface area contributed by atoms with Crippen LogP contribution in [0.2, 0.25) is 15.1 Å². The Balaban J connectivity index is 1.81. The maximum absolute atomic E-state index is 6.06. The van der Waals surface area contributed by atoms with Gasteiger partial charge in [-0.2, -0.15) is 5.10 Å². The van der Waals surface area contributed by atoms with Crippen molar-refractivity contribution in [3.8, 4) is 0 Å². The van der Waals surface area contributed by atoms with E-state index in [0.717, 1.165) is 15.2 Å². The molecule has 0 aliphatic carbocycles. The highest BCUT2D eigenvalue weighted by Gasteiger charge is 2.06. The molecule has 0 saturated heterocycles. The van der Waals surface area contributed by atoms with E-state index in [0.29, 0.717) is 20.8 Å². The number of benzene rings is 2. The fourth-order valence-electron chi connectivity index (χ4n) is 1.75. The second-order valence-electron chi connectivity index (χ2n) is 4.13. The summed E-state index contributed by atoms with van der Waals surface area (Å²) in [5, 5.41) is 6.22. The molecular weight excluding hydrogens is 349 g/mol. The number of rotatable bonds is 3. The van der Waals surface area contributed by atoms with Crippen LogP contribution in [0.1, 0.15) is 5.01 Å². The summed E-state index contributed by atoms with van der Waals surface area (Å²) in [6.07, 6.45) is 1.63. The number of halogens is 3. The van der Waals surface area contributed by atoms with E-state index in [-0.39, 0.29) is 0 Å². The first-order valence-electron chi connectivity index (χ1n) is 5.92. The van der Waals surface area contributed by atoms with E-state index < -0.39 is 0 Å². The zero-order valence-corrected chi connectivity index (χ0v) is 13.6. The van der Waals surface area contributed by atoms with E-state index in [1.807, 2.05) is 24.3 Å². The molecule has 0 bridgehead atoms. The van der Waals surface area contributed by atoms with Crippen molar-refractivity contribution >= 4 is 68.3 Å². The van der Waals surface area contributed by atoms with Crippen LogP contribution in [0.15, 0.2) is 41.5 Å². The summed E-state index contributed by atoms with van der Waals surface area (Å²) in [6, 6.07) is 11.1. The van der Waals surface area contributed by atoms with Crippen molar-refractivity contribution in [3.05, 3.63) is 56.5 Å². The van der Waals surface area contributed by atoms with Crippen LogP contribution < -0.4 is 5.43 Å². The van der Waals surface area contributed by atoms with E-state index in [9.17, 15) is 0 Å². The molecule has 21 heavy (non-hydrogen) atoms. The van der Waals surface area contributed by atoms with Gasteiger partial charge in [0.2, 0.25) is 0 Å². The summed E-state index contributed by atoms with van der Waals surface area (Å²) in [5.41, 5.74) is 4.28. The predicted molar refractivity (Wildman–Crippen MR) is 92.3 cm³/mol. The first-order valence-corrected chi connectivity index (χ1v) is 7.88. The first kappa shape index (κ1) is 14.6. The highest BCUT2D eigenvalue weighted by Crippen LogP contribution is 2.33. The van der Waals surface area contributed by atoms with Gasteiger partial charge in [-0.25, -0.2) is 4.98 Å². The Kier molecular flexibility index (Phi) is 4.31. The number of aromatic nitrogens is 1. The van der Waals surface area contributed by atoms with Gasteiger partial charge in [0.1, 0.15) is 5.01 Å². The minimum absolute atomic E-state index is 0.411. The first-order chi connectivity index (χ1) is 10.1. The minimum Gasteiger partial charge on any atom is -0.275 e. The molecule has 1 N–H and O–H groups in total. The number of hydrogen-bond donors (Lipinski definition) is 1. The molecular formula is C14H8Cl3N3S. The molecule has 2 aromatic carbocycles. The standard InChI is InChI=1S/C14H8Cl3N3S/c15-8-5-9(16)14(10(17)6-8)20-18-7-13-19-11-3-1-2-4-12(11)21-13/h1-7,20H. The van der Waals surface area contributed by atoms with E-state index in [4.69, 9.17) is 34.8 Å². The molecule has 0 radical (unpaired) electrons. The topological polar surface area (TPSA) is 37.3 Å². The van der Waals surface area contributed by atoms with E-state index >= 15 is 0 Å². The fraction of sp³-hybridized carbons (Fsp3) is 0. The zero-order valence-electron chi connectivity index (χ0n) is 10.5. The molecule has 1 aromatic heterocycles. The highest BCUT2D eigenvalue weighted by molar-refractivity contribution is 7.20. The average Bonchev–Trinajstić information content (AvgIpc) is 2.84. The Morgan fingerprint density at radius 1 is 1.10 bits per heavy atom. The highest BCUT2D eigenvalue weighted by atomic mass is 35.5. The van der Waals surface area contributed by atoms with Crippen LogP contribution in [0, 0.1) is 0 Å². The van der Waals surface area contributed by atoms with Crippen molar-refractivity contribution in [3.63, 3.8) is 0 Å². The number of anilines is 1. The Bertz CT molecular complexity index is 773. The van der Waals surface area contributed by atoms with Crippen LogP contribution in [0.5, 0.6) is 0 Å². The molecule has 0 fully saturated rings. The van der Waals surface area contributed by atoms with Gasteiger partial charge in [-0.3, -0.25) is 5.43 Å². The molecule has 7 heteroatoms. The summed E-state index contributed by atoms with van der Waals surface area (Å²) >= 11 is 19.5. The monoisotopic (exact) mass is 355 g/mol. The lowest BCUT2D eigenvalue weighted by molar-refractivity contribution is 1.34. The van der Waals surface area contributed by atoms with Crippen molar-refractivity contribution in [2.45, 2.75) is 0 Å². The molecule has 0 amide bonds. The maximum atomic E-state index is 6.06. The number of nitrogens with one attached hydrogen (secondary N) is 1. The summed E-state index contributed by atoms with van der Waals surface area (Å²) in [5.74, 6) is 0. The van der Waals surface area contributed by atoms with Crippen molar-refractivity contribution in [1.29, 1.82) is 0 Å². The molecule has 0 atom stereocenters. The predicted octanol–water partition coefficient (Wildman–Crippen LogP) is 5.70. The average molecular weight is 357 g/mol. The maximum Gasteiger partial charge on any atom is 0.137 e. The minimum atomic E-state index is 0.411. The number of thiazole rings is 1. The fourth-order valence-corrected chi connectivity index (χ4v) is 3.49. The third-order valence-corrected chi connectivity index (χ3v) is 4.45. The van der Waals surface area contributed by atoms with Crippen LogP contribution in [0.3, 0.4) is 0 Å². The van der Waals surface area contributed by atoms with Crippen molar-refractivity contribution in [2.24, 2.45) is 5.10 Å². The SMILES string of the molecule is Clc1cc(Cl)c(NN=Cc2nc3ccccc3s2)c(Cl)c1. The molecule has 106 valence electrons. The molecule has 0 spiro atoms. The lowest BCUT2D eigenvalue weighted by atomic mass is 10.3. The molecule has 0 saturated carbocycles. The van der Waals surface area contributed by atoms with E-state index in [1.165, 1.54) is 0 Å². The number of nitrogens with zero attached hydrogens (tertiary/aromatic N) is 2. The van der Waals surface area contributed by atoms with Crippen LogP contribution in [-0.2, 0) is 0 Å². The Labute approximate surface area is 140 Å². The van der Waals surface area contributed by atoms with Crippen molar-refractivity contribution < 1.29 is 0 Å². The molecule has 1 heterocycles. The normalized spacial score (nSPS) is 11.4. The second kappa shape index (κ2) is 6.20. The largest absolute Gasteiger partial charge is 0.275 e. The number of hydrazone groups is 1. The summed E-state index contributed by atoms with van der Waals surface area (Å²) in [7, 11) is 0. The summed E-state index contributed by atoms with van der Waals surface area (Å²) in [4.78, 5) is 4.45. The Morgan fingerprint density at radius 3 is 2.52 bits per heavy atom. The van der Waals surface area contributed by atoms with Crippen molar-refractivity contribution in [2.75, 3.05) is 5.43 Å². The smallest absolute Gasteiger partial charge is 0.137 e. The lowest BCUT2D eigenvalue weighted by Gasteiger charge is -2.05. The van der Waals surface area contributed by atoms with Crippen molar-refractivity contribution in [1.82, 2.24) is 4.98 Å². The van der Waals surface area contributed by atoms with Gasteiger partial charge < -0.3 is 0 Å². The van der Waals surface area contributed by atoms with Gasteiger partial charge in [-0.1, -0.05) is 46.9 Å². The lowest BCUT2D eigenvalue weighted by Crippen LogP contribution is -1.92. The molecule has 0 aliphatic heterocycles. The number of para-hydroxylation sites is 1. The quantitative estimate of drug-likeness (QED) is 0.482.